The Bertz CT molecular complexity index is 534. The van der Waals surface area contributed by atoms with E-state index in [1.165, 1.54) is 0 Å². The quantitative estimate of drug-likeness (QED) is 0.612. The molecule has 0 amide bonds. The molecule has 19 heavy (non-hydrogen) atoms. The topological polar surface area (TPSA) is 52.0 Å². The van der Waals surface area contributed by atoms with E-state index in [4.69, 9.17) is 40.2 Å². The first kappa shape index (κ1) is 14.6. The van der Waals surface area contributed by atoms with E-state index in [0.717, 1.165) is 5.01 Å². The van der Waals surface area contributed by atoms with Crippen molar-refractivity contribution in [2.75, 3.05) is 11.6 Å². The number of alkyl halides is 4. The van der Waals surface area contributed by atoms with Crippen LogP contribution in [0, 0.1) is 5.41 Å². The Balaban J connectivity index is 2.45. The van der Waals surface area contributed by atoms with E-state index < -0.39 is 22.3 Å². The van der Waals surface area contributed by atoms with Crippen LogP contribution in [-0.4, -0.2) is 22.7 Å². The lowest BCUT2D eigenvalue weighted by Crippen LogP contribution is -2.35. The van der Waals surface area contributed by atoms with Crippen LogP contribution in [0.2, 0.25) is 10.2 Å². The highest BCUT2D eigenvalue weighted by Gasteiger charge is 2.37. The second-order valence-electron chi connectivity index (χ2n) is 3.68. The zero-order chi connectivity index (χ0) is 14.4. The van der Waals surface area contributed by atoms with E-state index in [2.05, 4.69) is 10.4 Å². The van der Waals surface area contributed by atoms with E-state index in [0.29, 0.717) is 6.07 Å². The predicted molar refractivity (Wildman–Crippen MR) is 67.1 cm³/mol. The maximum absolute atomic E-state index is 12.6. The molecule has 4 nitrogen and oxygen atoms in total. The number of nitrogens with one attached hydrogen (secondary N) is 2. The van der Waals surface area contributed by atoms with Gasteiger partial charge in [0.05, 0.1) is 10.6 Å². The maximum Gasteiger partial charge on any atom is 0.419 e. The summed E-state index contributed by atoms with van der Waals surface area (Å²) < 4.78 is 37.8. The molecule has 1 aromatic rings. The van der Waals surface area contributed by atoms with Crippen LogP contribution in [-0.2, 0) is 6.18 Å². The van der Waals surface area contributed by atoms with E-state index in [1.807, 2.05) is 0 Å². The van der Waals surface area contributed by atoms with Gasteiger partial charge in [-0.3, -0.25) is 5.41 Å². The third kappa shape index (κ3) is 2.74. The van der Waals surface area contributed by atoms with Gasteiger partial charge in [-0.25, -0.2) is 15.4 Å². The minimum atomic E-state index is -4.65. The number of rotatable bonds is 1. The lowest BCUT2D eigenvalue weighted by molar-refractivity contribution is -0.137. The van der Waals surface area contributed by atoms with Gasteiger partial charge in [-0.2, -0.15) is 13.2 Å². The molecule has 2 N–H and O–H groups in total. The number of hydrogen-bond acceptors (Lipinski definition) is 3. The molecule has 2 rings (SSSR count). The van der Waals surface area contributed by atoms with Crippen LogP contribution in [0.25, 0.3) is 0 Å². The number of aromatic nitrogens is 1. The van der Waals surface area contributed by atoms with Gasteiger partial charge in [0.15, 0.2) is 5.82 Å². The average molecular weight is 334 g/mol. The Hall–Kier alpha value is -0.760. The van der Waals surface area contributed by atoms with Crippen molar-refractivity contribution in [1.29, 1.82) is 5.41 Å². The van der Waals surface area contributed by atoms with Crippen LogP contribution in [0.5, 0.6) is 0 Å². The SMILES string of the molecule is N=C1C(Cl)CNN1c1nc(Cl)c(C(F)(F)F)cc1Cl. The molecule has 0 aliphatic carbocycles. The number of nitrogens with zero attached hydrogens (tertiary/aromatic N) is 2. The van der Waals surface area contributed by atoms with Gasteiger partial charge in [0, 0.05) is 6.54 Å². The second kappa shape index (κ2) is 4.97. The molecule has 2 heterocycles. The highest BCUT2D eigenvalue weighted by atomic mass is 35.5. The van der Waals surface area contributed by atoms with Crippen LogP contribution in [0.1, 0.15) is 5.56 Å². The first-order valence-corrected chi connectivity index (χ1v) is 6.10. The number of anilines is 1. The molecule has 0 saturated carbocycles. The molecule has 1 atom stereocenters. The summed E-state index contributed by atoms with van der Waals surface area (Å²) in [5.41, 5.74) is 1.56. The van der Waals surface area contributed by atoms with Crippen LogP contribution in [0.3, 0.4) is 0 Å². The minimum absolute atomic E-state index is 0.0631. The summed E-state index contributed by atoms with van der Waals surface area (Å²) >= 11 is 17.0. The Morgan fingerprint density at radius 2 is 2.05 bits per heavy atom. The van der Waals surface area contributed by atoms with E-state index in [1.54, 1.807) is 0 Å². The largest absolute Gasteiger partial charge is 0.419 e. The summed E-state index contributed by atoms with van der Waals surface area (Å²) in [5.74, 6) is -0.153. The van der Waals surface area contributed by atoms with Gasteiger partial charge in [-0.15, -0.1) is 11.6 Å². The Kier molecular flexibility index (Phi) is 3.83. The van der Waals surface area contributed by atoms with Crippen LogP contribution >= 0.6 is 34.8 Å². The van der Waals surface area contributed by atoms with Crippen LogP contribution in [0.4, 0.5) is 19.0 Å². The minimum Gasteiger partial charge on any atom is -0.286 e. The molecular weight excluding hydrogens is 327 g/mol. The highest BCUT2D eigenvalue weighted by Crippen LogP contribution is 2.38. The van der Waals surface area contributed by atoms with Gasteiger partial charge in [0.25, 0.3) is 0 Å². The monoisotopic (exact) mass is 332 g/mol. The second-order valence-corrected chi connectivity index (χ2v) is 4.97. The third-order valence-electron chi connectivity index (χ3n) is 2.39. The highest BCUT2D eigenvalue weighted by molar-refractivity contribution is 6.37. The number of pyridine rings is 1. The summed E-state index contributed by atoms with van der Waals surface area (Å²) in [6.45, 7) is 0.247. The van der Waals surface area contributed by atoms with E-state index in [9.17, 15) is 13.2 Å². The molecule has 0 bridgehead atoms. The van der Waals surface area contributed by atoms with Crippen LogP contribution < -0.4 is 10.4 Å². The van der Waals surface area contributed by atoms with Crippen molar-refractivity contribution in [2.24, 2.45) is 0 Å². The summed E-state index contributed by atoms with van der Waals surface area (Å²) in [4.78, 5) is 3.58. The van der Waals surface area contributed by atoms with Gasteiger partial charge in [0.2, 0.25) is 0 Å². The summed E-state index contributed by atoms with van der Waals surface area (Å²) in [7, 11) is 0. The molecule has 0 aromatic carbocycles. The van der Waals surface area contributed by atoms with Crippen molar-refractivity contribution in [3.05, 3.63) is 21.8 Å². The first-order valence-electron chi connectivity index (χ1n) is 4.91. The fraction of sp³-hybridized carbons (Fsp3) is 0.333. The Morgan fingerprint density at radius 1 is 1.42 bits per heavy atom. The molecule has 0 radical (unpaired) electrons. The molecule has 0 spiro atoms. The fourth-order valence-electron chi connectivity index (χ4n) is 1.50. The summed E-state index contributed by atoms with van der Waals surface area (Å²) in [5, 5.41) is 7.14. The van der Waals surface area contributed by atoms with E-state index >= 15 is 0 Å². The van der Waals surface area contributed by atoms with Gasteiger partial charge < -0.3 is 0 Å². The molecule has 104 valence electrons. The predicted octanol–water partition coefficient (Wildman–Crippen LogP) is 3.32. The number of halogens is 6. The Morgan fingerprint density at radius 3 is 2.53 bits per heavy atom. The molecule has 10 heteroatoms. The lowest BCUT2D eigenvalue weighted by Gasteiger charge is -2.19. The van der Waals surface area contributed by atoms with Crippen molar-refractivity contribution < 1.29 is 13.2 Å². The van der Waals surface area contributed by atoms with Crippen molar-refractivity contribution in [3.63, 3.8) is 0 Å². The molecule has 1 aliphatic heterocycles. The smallest absolute Gasteiger partial charge is 0.286 e. The van der Waals surface area contributed by atoms with Crippen molar-refractivity contribution in [1.82, 2.24) is 10.4 Å². The zero-order valence-corrected chi connectivity index (χ0v) is 11.3. The van der Waals surface area contributed by atoms with Gasteiger partial charge >= 0.3 is 6.18 Å². The zero-order valence-electron chi connectivity index (χ0n) is 9.02. The molecule has 1 unspecified atom stereocenters. The summed E-state index contributed by atoms with van der Waals surface area (Å²) in [6, 6.07) is 0.669. The van der Waals surface area contributed by atoms with Gasteiger partial charge in [0.1, 0.15) is 16.4 Å². The maximum atomic E-state index is 12.6. The van der Waals surface area contributed by atoms with Crippen molar-refractivity contribution >= 4 is 46.5 Å². The molecule has 1 saturated heterocycles. The van der Waals surface area contributed by atoms with Crippen molar-refractivity contribution in [3.8, 4) is 0 Å². The van der Waals surface area contributed by atoms with Crippen molar-refractivity contribution in [2.45, 2.75) is 11.6 Å². The van der Waals surface area contributed by atoms with E-state index in [-0.39, 0.29) is 23.2 Å². The third-order valence-corrected chi connectivity index (χ3v) is 3.32. The average Bonchev–Trinajstić information content (AvgIpc) is 2.61. The van der Waals surface area contributed by atoms with Crippen LogP contribution in [0.15, 0.2) is 6.07 Å². The molecular formula is C9H6Cl3F3N4. The lowest BCUT2D eigenvalue weighted by atomic mass is 10.2. The normalized spacial score (nSPS) is 20.2. The molecule has 1 aromatic heterocycles. The standard InChI is InChI=1S/C9H6Cl3F3N4/c10-4-1-3(9(13,14)15)6(12)18-8(4)19-7(16)5(11)2-17-19/h1,5,16-17H,2H2. The number of hydrazine groups is 1. The number of amidine groups is 1. The molecule has 1 fully saturated rings. The summed E-state index contributed by atoms with van der Waals surface area (Å²) in [6.07, 6.45) is -4.65. The van der Waals surface area contributed by atoms with Gasteiger partial charge in [-0.05, 0) is 6.07 Å². The fourth-order valence-corrected chi connectivity index (χ4v) is 2.14. The Labute approximate surface area is 120 Å². The first-order chi connectivity index (χ1) is 8.71. The number of hydrogen-bond donors (Lipinski definition) is 2. The van der Waals surface area contributed by atoms with Gasteiger partial charge in [-0.1, -0.05) is 23.2 Å². The molecule has 1 aliphatic rings.